The van der Waals surface area contributed by atoms with E-state index in [2.05, 4.69) is 18.5 Å². The highest BCUT2D eigenvalue weighted by Gasteiger charge is 2.38. The van der Waals surface area contributed by atoms with Crippen LogP contribution in [0.3, 0.4) is 0 Å². The lowest BCUT2D eigenvalue weighted by Crippen LogP contribution is -2.50. The lowest BCUT2D eigenvalue weighted by molar-refractivity contribution is -0.269. The third kappa shape index (κ3) is 2.75. The molecule has 3 nitrogen and oxygen atoms in total. The minimum absolute atomic E-state index is 0.489. The summed E-state index contributed by atoms with van der Waals surface area (Å²) in [5.74, 6) is -0.650. The molecule has 0 radical (unpaired) electrons. The molecule has 0 saturated carbocycles. The van der Waals surface area contributed by atoms with E-state index in [0.29, 0.717) is 13.2 Å². The first-order valence-electron chi connectivity index (χ1n) is 5.90. The van der Waals surface area contributed by atoms with Crippen LogP contribution in [-0.4, -0.2) is 38.3 Å². The van der Waals surface area contributed by atoms with Gasteiger partial charge in [-0.1, -0.05) is 36.4 Å². The maximum atomic E-state index is 5.91. The van der Waals surface area contributed by atoms with Gasteiger partial charge in [-0.2, -0.15) is 0 Å². The zero-order chi connectivity index (χ0) is 12.1. The Hall–Kier alpha value is -1.16. The second-order valence-corrected chi connectivity index (χ2v) is 4.30. The van der Waals surface area contributed by atoms with Crippen molar-refractivity contribution < 1.29 is 9.47 Å². The van der Waals surface area contributed by atoms with Gasteiger partial charge >= 0.3 is 0 Å². The molecule has 17 heavy (non-hydrogen) atoms. The van der Waals surface area contributed by atoms with E-state index in [4.69, 9.17) is 9.47 Å². The molecular formula is C14H19NO2. The predicted molar refractivity (Wildman–Crippen MR) is 67.7 cm³/mol. The average Bonchev–Trinajstić information content (AvgIpc) is 2.37. The first-order valence-corrected chi connectivity index (χ1v) is 5.90. The van der Waals surface area contributed by atoms with Crippen LogP contribution in [0.25, 0.3) is 0 Å². The summed E-state index contributed by atoms with van der Waals surface area (Å²) in [7, 11) is 2.08. The van der Waals surface area contributed by atoms with Crippen molar-refractivity contribution in [3.05, 3.63) is 48.6 Å². The van der Waals surface area contributed by atoms with Crippen molar-refractivity contribution in [1.29, 1.82) is 0 Å². The Bertz CT molecular complexity index is 366. The highest BCUT2D eigenvalue weighted by Crippen LogP contribution is 2.30. The highest BCUT2D eigenvalue weighted by molar-refractivity contribution is 5.21. The van der Waals surface area contributed by atoms with E-state index in [9.17, 15) is 0 Å². The summed E-state index contributed by atoms with van der Waals surface area (Å²) in [6, 6.07) is 10.1. The molecule has 0 amide bonds. The highest BCUT2D eigenvalue weighted by atomic mass is 16.7. The quantitative estimate of drug-likeness (QED) is 0.742. The summed E-state index contributed by atoms with van der Waals surface area (Å²) < 4.78 is 11.8. The van der Waals surface area contributed by atoms with Crippen molar-refractivity contribution in [2.75, 3.05) is 33.4 Å². The number of nitrogens with zero attached hydrogens (tertiary/aromatic N) is 1. The number of ether oxygens (including phenoxy) is 2. The van der Waals surface area contributed by atoms with Crippen molar-refractivity contribution in [3.63, 3.8) is 0 Å². The average molecular weight is 233 g/mol. The maximum absolute atomic E-state index is 5.91. The Morgan fingerprint density at radius 1 is 1.47 bits per heavy atom. The van der Waals surface area contributed by atoms with Gasteiger partial charge in [-0.3, -0.25) is 4.90 Å². The van der Waals surface area contributed by atoms with Crippen LogP contribution < -0.4 is 0 Å². The Balaban J connectivity index is 2.26. The molecule has 1 aliphatic rings. The van der Waals surface area contributed by atoms with Gasteiger partial charge < -0.3 is 9.47 Å². The monoisotopic (exact) mass is 233 g/mol. The molecule has 92 valence electrons. The summed E-state index contributed by atoms with van der Waals surface area (Å²) in [5, 5.41) is 0. The maximum Gasteiger partial charge on any atom is 0.208 e. The van der Waals surface area contributed by atoms with Crippen LogP contribution in [0.1, 0.15) is 5.56 Å². The van der Waals surface area contributed by atoms with E-state index >= 15 is 0 Å². The Morgan fingerprint density at radius 2 is 2.24 bits per heavy atom. The standard InChI is InChI=1S/C14H19NO2/c1-3-10-16-14(12-15(2)9-11-17-14)13-7-5-4-6-8-13/h3-8H,1,9-12H2,2H3. The van der Waals surface area contributed by atoms with Gasteiger partial charge in [0.05, 0.1) is 19.8 Å². The largest absolute Gasteiger partial charge is 0.343 e. The van der Waals surface area contributed by atoms with Crippen LogP contribution in [0.2, 0.25) is 0 Å². The Kier molecular flexibility index (Phi) is 3.94. The first kappa shape index (κ1) is 12.3. The zero-order valence-corrected chi connectivity index (χ0v) is 10.3. The molecule has 1 aromatic carbocycles. The molecule has 0 N–H and O–H groups in total. The van der Waals surface area contributed by atoms with E-state index in [1.165, 1.54) is 0 Å². The summed E-state index contributed by atoms with van der Waals surface area (Å²) >= 11 is 0. The second kappa shape index (κ2) is 5.45. The summed E-state index contributed by atoms with van der Waals surface area (Å²) in [6.07, 6.45) is 1.75. The van der Waals surface area contributed by atoms with Crippen LogP contribution in [0, 0.1) is 0 Å². The lowest BCUT2D eigenvalue weighted by Gasteiger charge is -2.41. The number of hydrogen-bond acceptors (Lipinski definition) is 3. The van der Waals surface area contributed by atoms with Gasteiger partial charge in [0.1, 0.15) is 0 Å². The molecule has 1 fully saturated rings. The molecule has 1 aromatic rings. The van der Waals surface area contributed by atoms with E-state index < -0.39 is 5.79 Å². The predicted octanol–water partition coefficient (Wildman–Crippen LogP) is 2.00. The fourth-order valence-corrected chi connectivity index (χ4v) is 2.08. The van der Waals surface area contributed by atoms with E-state index in [1.807, 2.05) is 30.3 Å². The van der Waals surface area contributed by atoms with Crippen LogP contribution in [-0.2, 0) is 15.3 Å². The minimum atomic E-state index is -0.650. The molecular weight excluding hydrogens is 214 g/mol. The van der Waals surface area contributed by atoms with Gasteiger partial charge in [0.2, 0.25) is 5.79 Å². The fourth-order valence-electron chi connectivity index (χ4n) is 2.08. The van der Waals surface area contributed by atoms with Crippen molar-refractivity contribution in [2.24, 2.45) is 0 Å². The zero-order valence-electron chi connectivity index (χ0n) is 10.3. The van der Waals surface area contributed by atoms with Gasteiger partial charge in [-0.05, 0) is 7.05 Å². The molecule has 1 aliphatic heterocycles. The fraction of sp³-hybridized carbons (Fsp3) is 0.429. The van der Waals surface area contributed by atoms with E-state index in [-0.39, 0.29) is 0 Å². The molecule has 1 heterocycles. The first-order chi connectivity index (χ1) is 8.27. The molecule has 0 spiro atoms. The smallest absolute Gasteiger partial charge is 0.208 e. The summed E-state index contributed by atoms with van der Waals surface area (Å²) in [6.45, 7) is 6.54. The van der Waals surface area contributed by atoms with Crippen molar-refractivity contribution in [2.45, 2.75) is 5.79 Å². The number of likely N-dealkylation sites (N-methyl/N-ethyl adjacent to an activating group) is 1. The Labute approximate surface area is 103 Å². The molecule has 3 heteroatoms. The molecule has 0 aliphatic carbocycles. The topological polar surface area (TPSA) is 21.7 Å². The van der Waals surface area contributed by atoms with E-state index in [0.717, 1.165) is 18.7 Å². The minimum Gasteiger partial charge on any atom is -0.343 e. The SMILES string of the molecule is C=CCOC1(c2ccccc2)CN(C)CCO1. The van der Waals surface area contributed by atoms with Gasteiger partial charge in [-0.15, -0.1) is 6.58 Å². The van der Waals surface area contributed by atoms with Crippen LogP contribution in [0.15, 0.2) is 43.0 Å². The second-order valence-electron chi connectivity index (χ2n) is 4.30. The van der Waals surface area contributed by atoms with Crippen molar-refractivity contribution in [3.8, 4) is 0 Å². The Morgan fingerprint density at radius 3 is 2.88 bits per heavy atom. The van der Waals surface area contributed by atoms with Gasteiger partial charge in [0, 0.05) is 12.1 Å². The van der Waals surface area contributed by atoms with Crippen LogP contribution >= 0.6 is 0 Å². The number of rotatable bonds is 4. The third-order valence-electron chi connectivity index (χ3n) is 2.93. The molecule has 0 bridgehead atoms. The third-order valence-corrected chi connectivity index (χ3v) is 2.93. The number of morpholine rings is 1. The van der Waals surface area contributed by atoms with Crippen molar-refractivity contribution in [1.82, 2.24) is 4.90 Å². The van der Waals surface area contributed by atoms with Crippen LogP contribution in [0.5, 0.6) is 0 Å². The molecule has 1 unspecified atom stereocenters. The molecule has 1 saturated heterocycles. The normalized spacial score (nSPS) is 25.7. The summed E-state index contributed by atoms with van der Waals surface area (Å²) in [4.78, 5) is 2.22. The number of hydrogen-bond donors (Lipinski definition) is 0. The molecule has 2 rings (SSSR count). The van der Waals surface area contributed by atoms with E-state index in [1.54, 1.807) is 6.08 Å². The van der Waals surface area contributed by atoms with Gasteiger partial charge in [0.15, 0.2) is 0 Å². The van der Waals surface area contributed by atoms with Crippen LogP contribution in [0.4, 0.5) is 0 Å². The van der Waals surface area contributed by atoms with Gasteiger partial charge in [-0.25, -0.2) is 0 Å². The number of benzene rings is 1. The molecule has 1 atom stereocenters. The molecule has 0 aromatic heterocycles. The van der Waals surface area contributed by atoms with Gasteiger partial charge in [0.25, 0.3) is 0 Å². The lowest BCUT2D eigenvalue weighted by atomic mass is 10.0. The van der Waals surface area contributed by atoms with Crippen molar-refractivity contribution >= 4 is 0 Å². The summed E-state index contributed by atoms with van der Waals surface area (Å²) in [5.41, 5.74) is 1.06.